The van der Waals surface area contributed by atoms with Crippen LogP contribution in [0.15, 0.2) is 18.2 Å². The minimum absolute atomic E-state index is 0.175. The van der Waals surface area contributed by atoms with E-state index < -0.39 is 11.6 Å². The van der Waals surface area contributed by atoms with Gasteiger partial charge in [-0.2, -0.15) is 0 Å². The lowest BCUT2D eigenvalue weighted by Crippen LogP contribution is -2.67. The number of methoxy groups -OCH3 is 1. The van der Waals surface area contributed by atoms with Gasteiger partial charge in [0.05, 0.1) is 12.1 Å². The molecule has 20 heavy (non-hydrogen) atoms. The molecule has 1 N–H and O–H groups in total. The molecular weight excluding hydrogens is 280 g/mol. The summed E-state index contributed by atoms with van der Waals surface area (Å²) < 4.78 is 5.09. The van der Waals surface area contributed by atoms with Crippen LogP contribution in [-0.4, -0.2) is 30.5 Å². The number of hydrogen-bond acceptors (Lipinski definition) is 3. The van der Waals surface area contributed by atoms with Crippen molar-refractivity contribution >= 4 is 29.1 Å². The molecule has 0 radical (unpaired) electrons. The highest BCUT2D eigenvalue weighted by Crippen LogP contribution is 2.32. The molecule has 1 fully saturated rings. The molecular formula is C14H17ClN2O3. The Morgan fingerprint density at radius 2 is 2.00 bits per heavy atom. The summed E-state index contributed by atoms with van der Waals surface area (Å²) in [7, 11) is 1.52. The maximum absolute atomic E-state index is 12.5. The maximum atomic E-state index is 12.5. The van der Waals surface area contributed by atoms with E-state index in [4.69, 9.17) is 16.3 Å². The normalized spacial score (nSPS) is 21.6. The smallest absolute Gasteiger partial charge is 0.252 e. The number of nitrogens with zero attached hydrogens (tertiary/aromatic N) is 1. The maximum Gasteiger partial charge on any atom is 0.252 e. The number of piperazine rings is 1. The quantitative estimate of drug-likeness (QED) is 0.908. The zero-order chi connectivity index (χ0) is 15.1. The van der Waals surface area contributed by atoms with Crippen molar-refractivity contribution in [3.63, 3.8) is 0 Å². The van der Waals surface area contributed by atoms with Crippen molar-refractivity contribution in [3.05, 3.63) is 23.2 Å². The van der Waals surface area contributed by atoms with Crippen LogP contribution < -0.4 is 15.0 Å². The molecule has 0 spiro atoms. The van der Waals surface area contributed by atoms with Crippen molar-refractivity contribution in [1.29, 1.82) is 0 Å². The molecule has 0 aliphatic carbocycles. The molecule has 1 aromatic carbocycles. The van der Waals surface area contributed by atoms with Gasteiger partial charge in [-0.25, -0.2) is 0 Å². The molecule has 1 unspecified atom stereocenters. The van der Waals surface area contributed by atoms with Gasteiger partial charge >= 0.3 is 0 Å². The predicted octanol–water partition coefficient (Wildman–Crippen LogP) is 1.98. The van der Waals surface area contributed by atoms with E-state index in [-0.39, 0.29) is 11.8 Å². The molecule has 0 saturated carbocycles. The standard InChI is InChI=1S/C14H17ClN2O3/c1-8-12(18)16-14(2,3)13(19)17(8)9-5-6-11(20-4)10(15)7-9/h5-8H,1-4H3,(H,16,18). The van der Waals surface area contributed by atoms with Gasteiger partial charge in [0.1, 0.15) is 17.3 Å². The summed E-state index contributed by atoms with van der Waals surface area (Å²) in [6.07, 6.45) is 0. The summed E-state index contributed by atoms with van der Waals surface area (Å²) in [5, 5.41) is 3.10. The largest absolute Gasteiger partial charge is 0.495 e. The molecule has 2 rings (SSSR count). The van der Waals surface area contributed by atoms with Gasteiger partial charge < -0.3 is 10.1 Å². The predicted molar refractivity (Wildman–Crippen MR) is 77.2 cm³/mol. The van der Waals surface area contributed by atoms with E-state index in [1.165, 1.54) is 12.0 Å². The Labute approximate surface area is 122 Å². The molecule has 2 amide bonds. The highest BCUT2D eigenvalue weighted by Gasteiger charge is 2.44. The Balaban J connectivity index is 2.46. The van der Waals surface area contributed by atoms with Crippen LogP contribution in [0.25, 0.3) is 0 Å². The van der Waals surface area contributed by atoms with Crippen molar-refractivity contribution in [2.75, 3.05) is 12.0 Å². The zero-order valence-electron chi connectivity index (χ0n) is 11.9. The second kappa shape index (κ2) is 4.98. The lowest BCUT2D eigenvalue weighted by molar-refractivity contribution is -0.136. The van der Waals surface area contributed by atoms with Gasteiger partial charge in [0.2, 0.25) is 5.91 Å². The van der Waals surface area contributed by atoms with Gasteiger partial charge in [-0.15, -0.1) is 0 Å². The number of carbonyl (C=O) groups excluding carboxylic acids is 2. The number of rotatable bonds is 2. The fourth-order valence-corrected chi connectivity index (χ4v) is 2.46. The number of benzene rings is 1. The summed E-state index contributed by atoms with van der Waals surface area (Å²) in [6, 6.07) is 4.44. The van der Waals surface area contributed by atoms with Crippen molar-refractivity contribution in [1.82, 2.24) is 5.32 Å². The van der Waals surface area contributed by atoms with Crippen molar-refractivity contribution in [3.8, 4) is 5.75 Å². The molecule has 1 saturated heterocycles. The van der Waals surface area contributed by atoms with Crippen LogP contribution in [0.5, 0.6) is 5.75 Å². The summed E-state index contributed by atoms with van der Waals surface area (Å²) in [6.45, 7) is 5.04. The average molecular weight is 297 g/mol. The highest BCUT2D eigenvalue weighted by atomic mass is 35.5. The van der Waals surface area contributed by atoms with Crippen LogP contribution in [0.3, 0.4) is 0 Å². The Morgan fingerprint density at radius 3 is 2.55 bits per heavy atom. The third-order valence-electron chi connectivity index (χ3n) is 3.37. The summed E-state index contributed by atoms with van der Waals surface area (Å²) in [4.78, 5) is 26.0. The Morgan fingerprint density at radius 1 is 1.35 bits per heavy atom. The first-order chi connectivity index (χ1) is 9.27. The van der Waals surface area contributed by atoms with E-state index >= 15 is 0 Å². The fourth-order valence-electron chi connectivity index (χ4n) is 2.21. The first-order valence-corrected chi connectivity index (χ1v) is 6.65. The molecule has 5 nitrogen and oxygen atoms in total. The third kappa shape index (κ3) is 2.33. The zero-order valence-corrected chi connectivity index (χ0v) is 12.6. The minimum Gasteiger partial charge on any atom is -0.495 e. The molecule has 108 valence electrons. The van der Waals surface area contributed by atoms with E-state index in [1.54, 1.807) is 39.0 Å². The van der Waals surface area contributed by atoms with E-state index in [2.05, 4.69) is 5.32 Å². The van der Waals surface area contributed by atoms with Gasteiger partial charge in [0.25, 0.3) is 5.91 Å². The van der Waals surface area contributed by atoms with E-state index in [0.717, 1.165) is 0 Å². The minimum atomic E-state index is -0.935. The summed E-state index contributed by atoms with van der Waals surface area (Å²) >= 11 is 6.09. The molecule has 1 aliphatic heterocycles. The van der Waals surface area contributed by atoms with Crippen LogP contribution in [0.4, 0.5) is 5.69 Å². The fraction of sp³-hybridized carbons (Fsp3) is 0.429. The monoisotopic (exact) mass is 296 g/mol. The first kappa shape index (κ1) is 14.7. The number of anilines is 1. The van der Waals surface area contributed by atoms with Gasteiger partial charge in [0.15, 0.2) is 0 Å². The molecule has 1 atom stereocenters. The first-order valence-electron chi connectivity index (χ1n) is 6.27. The molecule has 0 bridgehead atoms. The van der Waals surface area contributed by atoms with Gasteiger partial charge in [-0.05, 0) is 39.0 Å². The molecule has 1 heterocycles. The topological polar surface area (TPSA) is 58.6 Å². The van der Waals surface area contributed by atoms with Crippen molar-refractivity contribution < 1.29 is 14.3 Å². The van der Waals surface area contributed by atoms with Crippen molar-refractivity contribution in [2.24, 2.45) is 0 Å². The van der Waals surface area contributed by atoms with E-state index in [0.29, 0.717) is 16.5 Å². The number of halogens is 1. The number of nitrogens with one attached hydrogen (secondary N) is 1. The Bertz CT molecular complexity index is 572. The molecule has 1 aromatic rings. The Kier molecular flexibility index (Phi) is 3.65. The second-order valence-electron chi connectivity index (χ2n) is 5.28. The van der Waals surface area contributed by atoms with Gasteiger partial charge in [-0.1, -0.05) is 11.6 Å². The Hall–Kier alpha value is -1.75. The SMILES string of the molecule is COc1ccc(N2C(=O)C(C)(C)NC(=O)C2C)cc1Cl. The summed E-state index contributed by atoms with van der Waals surface area (Å²) in [5.74, 6) is 0.156. The number of amides is 2. The van der Waals surface area contributed by atoms with Crippen LogP contribution in [-0.2, 0) is 9.59 Å². The van der Waals surface area contributed by atoms with Crippen LogP contribution in [0.2, 0.25) is 5.02 Å². The number of carbonyl (C=O) groups is 2. The second-order valence-corrected chi connectivity index (χ2v) is 5.69. The number of hydrogen-bond donors (Lipinski definition) is 1. The third-order valence-corrected chi connectivity index (χ3v) is 3.66. The van der Waals surface area contributed by atoms with Crippen molar-refractivity contribution in [2.45, 2.75) is 32.4 Å². The van der Waals surface area contributed by atoms with Crippen LogP contribution in [0, 0.1) is 0 Å². The van der Waals surface area contributed by atoms with Gasteiger partial charge in [0, 0.05) is 5.69 Å². The summed E-state index contributed by atoms with van der Waals surface area (Å²) in [5.41, 5.74) is -0.355. The lowest BCUT2D eigenvalue weighted by atomic mass is 9.96. The number of ether oxygens (including phenoxy) is 1. The highest BCUT2D eigenvalue weighted by molar-refractivity contribution is 6.32. The van der Waals surface area contributed by atoms with Crippen LogP contribution in [0.1, 0.15) is 20.8 Å². The van der Waals surface area contributed by atoms with E-state index in [9.17, 15) is 9.59 Å². The van der Waals surface area contributed by atoms with E-state index in [1.807, 2.05) is 0 Å². The molecule has 1 aliphatic rings. The lowest BCUT2D eigenvalue weighted by Gasteiger charge is -2.41. The molecule has 6 heteroatoms. The average Bonchev–Trinajstić information content (AvgIpc) is 2.37. The molecule has 0 aromatic heterocycles. The van der Waals surface area contributed by atoms with Gasteiger partial charge in [-0.3, -0.25) is 14.5 Å². The van der Waals surface area contributed by atoms with Crippen LogP contribution >= 0.6 is 11.6 Å².